The van der Waals surface area contributed by atoms with E-state index in [2.05, 4.69) is 27.7 Å². The van der Waals surface area contributed by atoms with Crippen molar-refractivity contribution in [3.8, 4) is 0 Å². The van der Waals surface area contributed by atoms with Crippen LogP contribution in [0.4, 0.5) is 0 Å². The Morgan fingerprint density at radius 2 is 0.500 bits per heavy atom. The third kappa shape index (κ3) is 28.6. The van der Waals surface area contributed by atoms with Gasteiger partial charge in [-0.1, -0.05) is 0 Å². The molecule has 0 spiro atoms. The molecule has 0 aromatic heterocycles. The van der Waals surface area contributed by atoms with Gasteiger partial charge in [0.05, 0.1) is 0 Å². The molecule has 0 aromatic rings. The molecule has 0 rings (SSSR count). The van der Waals surface area contributed by atoms with Crippen molar-refractivity contribution in [3.05, 3.63) is 0 Å². The number of hydrogen-bond acceptors (Lipinski definition) is 3. The Kier molecular flexibility index (Phi) is 33.7. The Balaban J connectivity index is 5.05. The van der Waals surface area contributed by atoms with Crippen molar-refractivity contribution >= 4 is 0 Å². The summed E-state index contributed by atoms with van der Waals surface area (Å²) in [5, 5.41) is 0. The summed E-state index contributed by atoms with van der Waals surface area (Å²) in [5.41, 5.74) is 0. The molecule has 0 unspecified atom stereocenters. The molecule has 0 saturated heterocycles. The van der Waals surface area contributed by atoms with Crippen LogP contribution in [0.5, 0.6) is 0 Å². The molecule has 0 fully saturated rings. The Hall–Kier alpha value is 0.434. The van der Waals surface area contributed by atoms with Gasteiger partial charge in [-0.25, -0.2) is 0 Å². The number of hydrogen-bond donors (Lipinski definition) is 0. The van der Waals surface area contributed by atoms with Crippen molar-refractivity contribution in [1.82, 2.24) is 0 Å². The molecule has 266 valence electrons. The fourth-order valence-electron chi connectivity index (χ4n) is 6.73. The standard InChI is InChI=1S/2C10H21O.2C10H21.O.Ti/c2*1-2-3-4-5-6-7-8-9-10-11;2*1-3-5-7-9-10-8-6-4-2;;/h2*2-10H2,1H3;2*1,3-10H2,2H3;;/q2*-1;;;;+2. The summed E-state index contributed by atoms with van der Waals surface area (Å²) in [7, 11) is 0. The van der Waals surface area contributed by atoms with Gasteiger partial charge in [-0.05, 0) is 0 Å². The van der Waals surface area contributed by atoms with Crippen molar-refractivity contribution < 1.29 is 26.0 Å². The van der Waals surface area contributed by atoms with Crippen LogP contribution in [0.2, 0.25) is 9.45 Å². The van der Waals surface area contributed by atoms with Crippen LogP contribution in [0.3, 0.4) is 0 Å². The van der Waals surface area contributed by atoms with E-state index in [9.17, 15) is 0 Å². The van der Waals surface area contributed by atoms with E-state index in [0.29, 0.717) is 22.7 Å². The number of unbranched alkanes of at least 4 members (excludes halogenated alkanes) is 28. The molecule has 0 bridgehead atoms. The van der Waals surface area contributed by atoms with Gasteiger partial charge >= 0.3 is 282 Å². The van der Waals surface area contributed by atoms with Crippen molar-refractivity contribution in [3.63, 3.8) is 0 Å². The third-order valence-electron chi connectivity index (χ3n) is 9.87. The second-order valence-corrected chi connectivity index (χ2v) is 21.2. The van der Waals surface area contributed by atoms with E-state index in [-0.39, 0.29) is 0 Å². The van der Waals surface area contributed by atoms with Crippen LogP contribution < -0.4 is 0 Å². The zero-order valence-electron chi connectivity index (χ0n) is 31.2. The van der Waals surface area contributed by atoms with E-state index >= 15 is 3.32 Å². The SMILES string of the molecule is CCCCCCCCCC[O][Ti](=[O])([CH2]CCCCCCCCC)([CH2]CCCCCCCCC)[O]CCCCCCCCCC. The van der Waals surface area contributed by atoms with Crippen molar-refractivity contribution in [1.29, 1.82) is 0 Å². The van der Waals surface area contributed by atoms with Crippen LogP contribution in [0.15, 0.2) is 0 Å². The van der Waals surface area contributed by atoms with E-state index in [1.165, 1.54) is 180 Å². The van der Waals surface area contributed by atoms with Gasteiger partial charge in [0.25, 0.3) is 0 Å². The molecule has 44 heavy (non-hydrogen) atoms. The van der Waals surface area contributed by atoms with Crippen LogP contribution >= 0.6 is 0 Å². The van der Waals surface area contributed by atoms with E-state index in [1.807, 2.05) is 0 Å². The predicted octanol–water partition coefficient (Wildman–Crippen LogP) is 15.3. The van der Waals surface area contributed by atoms with Gasteiger partial charge in [0.15, 0.2) is 0 Å². The minimum atomic E-state index is -4.74. The predicted molar refractivity (Wildman–Crippen MR) is 193 cm³/mol. The topological polar surface area (TPSA) is 35.5 Å². The Morgan fingerprint density at radius 1 is 0.295 bits per heavy atom. The average molecular weight is 661 g/mol. The molecule has 0 radical (unpaired) electrons. The molecule has 4 heteroatoms. The third-order valence-corrected chi connectivity index (χ3v) is 16.6. The molecule has 0 aliphatic heterocycles. The average Bonchev–Trinajstić information content (AvgIpc) is 3.02. The summed E-state index contributed by atoms with van der Waals surface area (Å²) in [6, 6.07) is 0. The van der Waals surface area contributed by atoms with Gasteiger partial charge in [-0.3, -0.25) is 0 Å². The van der Waals surface area contributed by atoms with Crippen molar-refractivity contribution in [2.45, 2.75) is 243 Å². The molecular formula is C40H84O3Ti. The normalized spacial score (nSPS) is 12.4. The second kappa shape index (κ2) is 33.3. The summed E-state index contributed by atoms with van der Waals surface area (Å²) in [6.07, 6.45) is 40.8. The van der Waals surface area contributed by atoms with Crippen LogP contribution in [-0.4, -0.2) is 13.2 Å². The second-order valence-electron chi connectivity index (χ2n) is 14.5. The van der Waals surface area contributed by atoms with Crippen molar-refractivity contribution in [2.24, 2.45) is 0 Å². The minimum absolute atomic E-state index is 0.640. The van der Waals surface area contributed by atoms with Crippen molar-refractivity contribution in [2.75, 3.05) is 13.2 Å². The molecule has 0 N–H and O–H groups in total. The molecule has 0 aromatic carbocycles. The summed E-state index contributed by atoms with van der Waals surface area (Å²) < 4.78 is 29.9. The maximum atomic E-state index is 15.2. The van der Waals surface area contributed by atoms with Crippen LogP contribution in [0.1, 0.15) is 233 Å². The first kappa shape index (κ1) is 44.4. The Labute approximate surface area is 280 Å². The number of rotatable bonds is 38. The Morgan fingerprint density at radius 3 is 0.750 bits per heavy atom. The fourth-order valence-corrected chi connectivity index (χ4v) is 12.9. The van der Waals surface area contributed by atoms with E-state index in [0.717, 1.165) is 25.7 Å². The molecule has 0 aliphatic rings. The summed E-state index contributed by atoms with van der Waals surface area (Å²) >= 11 is -4.74. The molecule has 0 atom stereocenters. The first-order valence-electron chi connectivity index (χ1n) is 20.7. The quantitative estimate of drug-likeness (QED) is 0.0488. The zero-order valence-corrected chi connectivity index (χ0v) is 32.7. The molecular weight excluding hydrogens is 576 g/mol. The van der Waals surface area contributed by atoms with Crippen LogP contribution in [-0.2, 0) is 26.0 Å². The van der Waals surface area contributed by atoms with Gasteiger partial charge in [0, 0.05) is 0 Å². The molecule has 0 amide bonds. The summed E-state index contributed by atoms with van der Waals surface area (Å²) in [6.45, 7) is 10.4. The maximum absolute atomic E-state index is 15.2. The molecule has 0 heterocycles. The zero-order chi connectivity index (χ0) is 32.3. The first-order valence-corrected chi connectivity index (χ1v) is 24.8. The van der Waals surface area contributed by atoms with E-state index < -0.39 is 16.1 Å². The fraction of sp³-hybridized carbons (Fsp3) is 1.00. The summed E-state index contributed by atoms with van der Waals surface area (Å²) in [4.78, 5) is 0. The first-order chi connectivity index (χ1) is 21.5. The molecule has 3 nitrogen and oxygen atoms in total. The summed E-state index contributed by atoms with van der Waals surface area (Å²) in [5.74, 6) is 0. The van der Waals surface area contributed by atoms with Gasteiger partial charge in [0.2, 0.25) is 0 Å². The molecule has 0 saturated carbocycles. The van der Waals surface area contributed by atoms with Crippen LogP contribution in [0.25, 0.3) is 0 Å². The van der Waals surface area contributed by atoms with Crippen LogP contribution in [0, 0.1) is 0 Å². The molecule has 0 aliphatic carbocycles. The Bertz CT molecular complexity index is 568. The van der Waals surface area contributed by atoms with E-state index in [1.54, 1.807) is 0 Å². The van der Waals surface area contributed by atoms with Gasteiger partial charge < -0.3 is 0 Å². The monoisotopic (exact) mass is 661 g/mol. The van der Waals surface area contributed by atoms with Gasteiger partial charge in [0.1, 0.15) is 0 Å². The van der Waals surface area contributed by atoms with E-state index in [4.69, 9.17) is 6.64 Å². The van der Waals surface area contributed by atoms with Gasteiger partial charge in [-0.2, -0.15) is 0 Å². The van der Waals surface area contributed by atoms with Gasteiger partial charge in [-0.15, -0.1) is 0 Å².